The van der Waals surface area contributed by atoms with E-state index >= 15 is 0 Å². The Morgan fingerprint density at radius 3 is 2.28 bits per heavy atom. The Hall–Kier alpha value is -3.15. The van der Waals surface area contributed by atoms with Crippen LogP contribution in [0.25, 0.3) is 17.4 Å². The van der Waals surface area contributed by atoms with E-state index in [-0.39, 0.29) is 12.0 Å². The van der Waals surface area contributed by atoms with Gasteiger partial charge < -0.3 is 4.42 Å². The van der Waals surface area contributed by atoms with Crippen molar-refractivity contribution in [1.29, 1.82) is 0 Å². The third kappa shape index (κ3) is 6.10. The number of aryl methyl sites for hydroxylation is 1. The Morgan fingerprint density at radius 2 is 1.68 bits per heavy atom. The van der Waals surface area contributed by atoms with E-state index in [0.29, 0.717) is 11.5 Å². The fourth-order valence-electron chi connectivity index (χ4n) is 1.87. The number of hydrogen-bond donors (Lipinski definition) is 2. The van der Waals surface area contributed by atoms with Crippen molar-refractivity contribution >= 4 is 24.4 Å². The van der Waals surface area contributed by atoms with Crippen molar-refractivity contribution in [3.63, 3.8) is 0 Å². The molecule has 0 saturated heterocycles. The molecule has 4 amide bonds. The summed E-state index contributed by atoms with van der Waals surface area (Å²) < 4.78 is 5.67. The number of carbonyl (C=O) groups excluding carboxylic acids is 3. The summed E-state index contributed by atoms with van der Waals surface area (Å²) in [5.41, 5.74) is 2.36. The summed E-state index contributed by atoms with van der Waals surface area (Å²) in [7, 11) is 0. The molecule has 2 N–H and O–H groups in total. The van der Waals surface area contributed by atoms with Crippen molar-refractivity contribution in [2.75, 3.05) is 0 Å². The Kier molecular flexibility index (Phi) is 7.86. The van der Waals surface area contributed by atoms with Crippen molar-refractivity contribution in [2.45, 2.75) is 27.7 Å². The van der Waals surface area contributed by atoms with Crippen LogP contribution in [0.2, 0.25) is 0 Å². The summed E-state index contributed by atoms with van der Waals surface area (Å²) in [4.78, 5) is 33.0. The van der Waals surface area contributed by atoms with Gasteiger partial charge >= 0.3 is 6.03 Å². The first-order chi connectivity index (χ1) is 12.0. The average molecular weight is 342 g/mol. The van der Waals surface area contributed by atoms with Crippen LogP contribution in [0.1, 0.15) is 32.1 Å². The van der Waals surface area contributed by atoms with Gasteiger partial charge in [-0.2, -0.15) is 0 Å². The molecule has 2 rings (SSSR count). The monoisotopic (exact) mass is 342 g/mol. The maximum Gasteiger partial charge on any atom is 0.328 e. The molecule has 6 heteroatoms. The standard InChI is InChI=1S/C17H16N2O4.C2H6/c1-11-3-5-13(6-4-11)15-8-7-14(23-15)9-12(2)16(21)19-17(22)18-10-20;1-2/h3-10H,1-2H3,(H2,18,19,20,21,22);1-2H3/b12-9-;. The molecule has 0 atom stereocenters. The highest BCUT2D eigenvalue weighted by Crippen LogP contribution is 2.23. The van der Waals surface area contributed by atoms with Gasteiger partial charge in [-0.25, -0.2) is 4.79 Å². The van der Waals surface area contributed by atoms with Crippen LogP contribution < -0.4 is 10.6 Å². The molecule has 0 saturated carbocycles. The van der Waals surface area contributed by atoms with Crippen LogP contribution in [0.3, 0.4) is 0 Å². The van der Waals surface area contributed by atoms with Gasteiger partial charge in [-0.1, -0.05) is 43.7 Å². The van der Waals surface area contributed by atoms with Gasteiger partial charge in [0.05, 0.1) is 0 Å². The first kappa shape index (κ1) is 19.9. The van der Waals surface area contributed by atoms with Crippen LogP contribution in [0.4, 0.5) is 4.79 Å². The Balaban J connectivity index is 0.00000151. The number of furan rings is 1. The summed E-state index contributed by atoms with van der Waals surface area (Å²) in [5.74, 6) is 0.560. The highest BCUT2D eigenvalue weighted by atomic mass is 16.3. The van der Waals surface area contributed by atoms with Gasteiger partial charge in [-0.15, -0.1) is 0 Å². The molecule has 0 aliphatic carbocycles. The van der Waals surface area contributed by atoms with Gasteiger partial charge in [0, 0.05) is 11.1 Å². The second-order valence-corrected chi connectivity index (χ2v) is 4.94. The maximum absolute atomic E-state index is 11.7. The van der Waals surface area contributed by atoms with Crippen molar-refractivity contribution in [2.24, 2.45) is 0 Å². The molecule has 25 heavy (non-hydrogen) atoms. The Morgan fingerprint density at radius 1 is 1.04 bits per heavy atom. The van der Waals surface area contributed by atoms with Crippen LogP contribution in [0.15, 0.2) is 46.4 Å². The van der Waals surface area contributed by atoms with Gasteiger partial charge in [0.25, 0.3) is 5.91 Å². The number of nitrogens with one attached hydrogen (secondary N) is 2. The second kappa shape index (κ2) is 9.87. The number of urea groups is 1. The van der Waals surface area contributed by atoms with Gasteiger partial charge in [0.2, 0.25) is 6.41 Å². The van der Waals surface area contributed by atoms with Crippen molar-refractivity contribution < 1.29 is 18.8 Å². The summed E-state index contributed by atoms with van der Waals surface area (Å²) in [5, 5.41) is 3.84. The van der Waals surface area contributed by atoms with Crippen LogP contribution >= 0.6 is 0 Å². The van der Waals surface area contributed by atoms with Crippen LogP contribution in [-0.2, 0) is 9.59 Å². The summed E-state index contributed by atoms with van der Waals surface area (Å²) >= 11 is 0. The summed E-state index contributed by atoms with van der Waals surface area (Å²) in [6.45, 7) is 7.54. The number of rotatable bonds is 4. The Labute approximate surface area is 146 Å². The SMILES string of the molecule is C/C(=C/c1ccc(-c2ccc(C)cc2)o1)C(=O)NC(=O)NC=O.CC. The minimum Gasteiger partial charge on any atom is -0.457 e. The number of amides is 4. The molecule has 1 aromatic heterocycles. The smallest absolute Gasteiger partial charge is 0.328 e. The minimum atomic E-state index is -0.877. The lowest BCUT2D eigenvalue weighted by Gasteiger charge is -2.02. The highest BCUT2D eigenvalue weighted by Gasteiger charge is 2.10. The van der Waals surface area contributed by atoms with E-state index in [4.69, 9.17) is 4.42 Å². The zero-order chi connectivity index (χ0) is 18.8. The fourth-order valence-corrected chi connectivity index (χ4v) is 1.87. The molecule has 132 valence electrons. The predicted molar refractivity (Wildman–Crippen MR) is 96.6 cm³/mol. The summed E-state index contributed by atoms with van der Waals surface area (Å²) in [6, 6.07) is 10.5. The first-order valence-electron chi connectivity index (χ1n) is 7.90. The molecule has 0 spiro atoms. The topological polar surface area (TPSA) is 88.4 Å². The highest BCUT2D eigenvalue weighted by molar-refractivity contribution is 6.07. The van der Waals surface area contributed by atoms with Crippen LogP contribution in [0.5, 0.6) is 0 Å². The number of benzene rings is 1. The predicted octanol–water partition coefficient (Wildman–Crippen LogP) is 3.67. The molecule has 6 nitrogen and oxygen atoms in total. The second-order valence-electron chi connectivity index (χ2n) is 4.94. The van der Waals surface area contributed by atoms with E-state index in [1.807, 2.05) is 55.7 Å². The van der Waals surface area contributed by atoms with E-state index in [1.165, 1.54) is 13.0 Å². The van der Waals surface area contributed by atoms with E-state index < -0.39 is 11.9 Å². The lowest BCUT2D eigenvalue weighted by Crippen LogP contribution is -2.39. The zero-order valence-electron chi connectivity index (χ0n) is 14.8. The van der Waals surface area contributed by atoms with Crippen LogP contribution in [0, 0.1) is 6.92 Å². The van der Waals surface area contributed by atoms with Crippen molar-refractivity contribution in [1.82, 2.24) is 10.6 Å². The normalized spacial score (nSPS) is 10.3. The van der Waals surface area contributed by atoms with E-state index in [1.54, 1.807) is 12.1 Å². The van der Waals surface area contributed by atoms with E-state index in [2.05, 4.69) is 0 Å². The van der Waals surface area contributed by atoms with Gasteiger partial charge in [-0.3, -0.25) is 20.2 Å². The molecular weight excluding hydrogens is 320 g/mol. The zero-order valence-corrected chi connectivity index (χ0v) is 14.8. The Bertz CT molecular complexity index is 758. The molecule has 0 bridgehead atoms. The summed E-state index contributed by atoms with van der Waals surface area (Å²) in [6.07, 6.45) is 1.71. The fraction of sp³-hybridized carbons (Fsp3) is 0.211. The largest absolute Gasteiger partial charge is 0.457 e. The van der Waals surface area contributed by atoms with Crippen LogP contribution in [-0.4, -0.2) is 18.3 Å². The van der Waals surface area contributed by atoms with E-state index in [9.17, 15) is 14.4 Å². The third-order valence-electron chi connectivity index (χ3n) is 3.10. The molecule has 0 aliphatic rings. The molecular formula is C19H22N2O4. The molecule has 1 aromatic carbocycles. The number of hydrogen-bond acceptors (Lipinski definition) is 4. The lowest BCUT2D eigenvalue weighted by atomic mass is 10.1. The maximum atomic E-state index is 11.7. The quantitative estimate of drug-likeness (QED) is 0.655. The number of imide groups is 2. The molecule has 0 aliphatic heterocycles. The molecule has 2 aromatic rings. The van der Waals surface area contributed by atoms with Gasteiger partial charge in [0.1, 0.15) is 11.5 Å². The van der Waals surface area contributed by atoms with Gasteiger partial charge in [0.15, 0.2) is 0 Å². The lowest BCUT2D eigenvalue weighted by molar-refractivity contribution is -0.116. The molecule has 0 radical (unpaired) electrons. The third-order valence-corrected chi connectivity index (χ3v) is 3.10. The van der Waals surface area contributed by atoms with Crippen molar-refractivity contribution in [3.05, 3.63) is 53.3 Å². The van der Waals surface area contributed by atoms with Crippen molar-refractivity contribution in [3.8, 4) is 11.3 Å². The molecule has 0 fully saturated rings. The van der Waals surface area contributed by atoms with Gasteiger partial charge in [-0.05, 0) is 32.1 Å². The first-order valence-corrected chi connectivity index (χ1v) is 7.90. The average Bonchev–Trinajstić information content (AvgIpc) is 3.06. The number of carbonyl (C=O) groups is 3. The molecule has 0 unspecified atom stereocenters. The molecule has 1 heterocycles. The van der Waals surface area contributed by atoms with E-state index in [0.717, 1.165) is 11.1 Å². The minimum absolute atomic E-state index is 0.196.